The zero-order valence-corrected chi connectivity index (χ0v) is 17.3. The van der Waals surface area contributed by atoms with Gasteiger partial charge in [0.25, 0.3) is 0 Å². The van der Waals surface area contributed by atoms with Crippen LogP contribution < -0.4 is 15.4 Å². The maximum Gasteiger partial charge on any atom is 0.323 e. The van der Waals surface area contributed by atoms with Crippen LogP contribution in [0.3, 0.4) is 0 Å². The number of ether oxygens (including phenoxy) is 1. The average Bonchev–Trinajstić information content (AvgIpc) is 3.24. The van der Waals surface area contributed by atoms with Crippen molar-refractivity contribution < 1.29 is 9.53 Å². The van der Waals surface area contributed by atoms with E-state index in [0.717, 1.165) is 34.9 Å². The summed E-state index contributed by atoms with van der Waals surface area (Å²) in [5.74, 6) is 1.50. The summed E-state index contributed by atoms with van der Waals surface area (Å²) in [7, 11) is 0. The fraction of sp³-hybridized carbons (Fsp3) is 0.120. The SMILES string of the molecule is CCn1cc(Cc2cc(NC(=O)Nc3ccccc3)ccc2Oc2ccccc2)cn1. The lowest BCUT2D eigenvalue weighted by atomic mass is 10.1. The minimum absolute atomic E-state index is 0.298. The fourth-order valence-electron chi connectivity index (χ4n) is 3.22. The molecule has 31 heavy (non-hydrogen) atoms. The van der Waals surface area contributed by atoms with Crippen molar-refractivity contribution in [2.24, 2.45) is 0 Å². The molecule has 2 amide bonds. The number of hydrogen-bond donors (Lipinski definition) is 2. The van der Waals surface area contributed by atoms with E-state index in [-0.39, 0.29) is 6.03 Å². The summed E-state index contributed by atoms with van der Waals surface area (Å²) in [5, 5.41) is 10.1. The monoisotopic (exact) mass is 412 g/mol. The molecule has 1 heterocycles. The zero-order chi connectivity index (χ0) is 21.5. The van der Waals surface area contributed by atoms with Crippen molar-refractivity contribution in [3.63, 3.8) is 0 Å². The largest absolute Gasteiger partial charge is 0.457 e. The molecule has 0 aliphatic carbocycles. The lowest BCUT2D eigenvalue weighted by Crippen LogP contribution is -2.19. The first-order valence-corrected chi connectivity index (χ1v) is 10.2. The van der Waals surface area contributed by atoms with Gasteiger partial charge in [-0.05, 0) is 55.0 Å². The summed E-state index contributed by atoms with van der Waals surface area (Å²) < 4.78 is 8.01. The van der Waals surface area contributed by atoms with Gasteiger partial charge in [0.2, 0.25) is 0 Å². The lowest BCUT2D eigenvalue weighted by molar-refractivity contribution is 0.262. The molecular weight excluding hydrogens is 388 g/mol. The standard InChI is InChI=1S/C25H24N4O2/c1-2-29-18-19(17-26-29)15-20-16-22(28-25(30)27-21-9-5-3-6-10-21)13-14-24(20)31-23-11-7-4-8-12-23/h3-14,16-18H,2,15H2,1H3,(H2,27,28,30). The Balaban J connectivity index is 1.56. The summed E-state index contributed by atoms with van der Waals surface area (Å²) in [6.45, 7) is 2.87. The molecule has 0 spiro atoms. The first-order chi connectivity index (χ1) is 15.2. The van der Waals surface area contributed by atoms with Crippen molar-refractivity contribution in [1.29, 1.82) is 0 Å². The summed E-state index contributed by atoms with van der Waals surface area (Å²) in [6, 6.07) is 24.3. The van der Waals surface area contributed by atoms with Gasteiger partial charge in [-0.1, -0.05) is 36.4 Å². The number of carbonyl (C=O) groups is 1. The second-order valence-corrected chi connectivity index (χ2v) is 7.06. The summed E-state index contributed by atoms with van der Waals surface area (Å²) in [5.41, 5.74) is 3.45. The molecule has 0 saturated heterocycles. The Bertz CT molecular complexity index is 1140. The summed E-state index contributed by atoms with van der Waals surface area (Å²) in [6.07, 6.45) is 4.52. The second kappa shape index (κ2) is 9.63. The molecule has 0 unspecified atom stereocenters. The predicted octanol–water partition coefficient (Wildman–Crippen LogP) is 5.93. The molecule has 0 aliphatic heterocycles. The van der Waals surface area contributed by atoms with Crippen LogP contribution in [0.2, 0.25) is 0 Å². The molecule has 4 aromatic rings. The molecule has 156 valence electrons. The van der Waals surface area contributed by atoms with Crippen LogP contribution in [0.1, 0.15) is 18.1 Å². The quantitative estimate of drug-likeness (QED) is 0.395. The van der Waals surface area contributed by atoms with Crippen LogP contribution in [0.15, 0.2) is 91.3 Å². The van der Waals surface area contributed by atoms with Crippen molar-refractivity contribution >= 4 is 17.4 Å². The van der Waals surface area contributed by atoms with Crippen LogP contribution in [-0.2, 0) is 13.0 Å². The molecule has 0 atom stereocenters. The number of nitrogens with one attached hydrogen (secondary N) is 2. The normalized spacial score (nSPS) is 10.5. The third-order valence-electron chi connectivity index (χ3n) is 4.73. The number of aryl methyl sites for hydroxylation is 1. The molecule has 0 fully saturated rings. The molecule has 0 radical (unpaired) electrons. The highest BCUT2D eigenvalue weighted by atomic mass is 16.5. The lowest BCUT2D eigenvalue weighted by Gasteiger charge is -2.14. The molecule has 3 aromatic carbocycles. The number of carbonyl (C=O) groups excluding carboxylic acids is 1. The van der Waals surface area contributed by atoms with Crippen LogP contribution in [0.5, 0.6) is 11.5 Å². The molecule has 0 aliphatic rings. The Morgan fingerprint density at radius 3 is 2.35 bits per heavy atom. The molecule has 0 saturated carbocycles. The average molecular weight is 412 g/mol. The molecule has 0 bridgehead atoms. The Morgan fingerprint density at radius 2 is 1.65 bits per heavy atom. The van der Waals surface area contributed by atoms with Gasteiger partial charge >= 0.3 is 6.03 Å². The molecule has 6 heteroatoms. The van der Waals surface area contributed by atoms with Crippen LogP contribution in [0.4, 0.5) is 16.2 Å². The van der Waals surface area contributed by atoms with Gasteiger partial charge in [-0.15, -0.1) is 0 Å². The molecule has 4 rings (SSSR count). The van der Waals surface area contributed by atoms with Gasteiger partial charge in [0.05, 0.1) is 6.20 Å². The van der Waals surface area contributed by atoms with Gasteiger partial charge in [-0.25, -0.2) is 4.79 Å². The van der Waals surface area contributed by atoms with E-state index in [1.807, 2.05) is 95.9 Å². The summed E-state index contributed by atoms with van der Waals surface area (Å²) >= 11 is 0. The summed E-state index contributed by atoms with van der Waals surface area (Å²) in [4.78, 5) is 12.4. The minimum atomic E-state index is -0.298. The molecule has 2 N–H and O–H groups in total. The predicted molar refractivity (Wildman–Crippen MR) is 123 cm³/mol. The van der Waals surface area contributed by atoms with Crippen molar-refractivity contribution in [2.45, 2.75) is 19.9 Å². The van der Waals surface area contributed by atoms with Gasteiger partial charge in [-0.2, -0.15) is 5.10 Å². The number of para-hydroxylation sites is 2. The number of benzene rings is 3. The highest BCUT2D eigenvalue weighted by molar-refractivity contribution is 5.99. The Morgan fingerprint density at radius 1 is 0.935 bits per heavy atom. The topological polar surface area (TPSA) is 68.2 Å². The van der Waals surface area contributed by atoms with Gasteiger partial charge in [0, 0.05) is 36.1 Å². The maximum atomic E-state index is 12.4. The molecule has 6 nitrogen and oxygen atoms in total. The number of urea groups is 1. The van der Waals surface area contributed by atoms with E-state index >= 15 is 0 Å². The number of anilines is 2. The third kappa shape index (κ3) is 5.51. The van der Waals surface area contributed by atoms with E-state index in [2.05, 4.69) is 22.7 Å². The van der Waals surface area contributed by atoms with Crippen molar-refractivity contribution in [2.75, 3.05) is 10.6 Å². The van der Waals surface area contributed by atoms with Crippen molar-refractivity contribution in [1.82, 2.24) is 9.78 Å². The van der Waals surface area contributed by atoms with E-state index < -0.39 is 0 Å². The van der Waals surface area contributed by atoms with Gasteiger partial charge in [0.1, 0.15) is 11.5 Å². The van der Waals surface area contributed by atoms with Crippen LogP contribution >= 0.6 is 0 Å². The number of hydrogen-bond acceptors (Lipinski definition) is 3. The van der Waals surface area contributed by atoms with E-state index in [1.165, 1.54) is 0 Å². The van der Waals surface area contributed by atoms with Crippen molar-refractivity contribution in [3.05, 3.63) is 102 Å². The Kier molecular flexibility index (Phi) is 6.28. The Hall–Kier alpha value is -4.06. The molecular formula is C25H24N4O2. The van der Waals surface area contributed by atoms with E-state index in [0.29, 0.717) is 12.1 Å². The van der Waals surface area contributed by atoms with Crippen LogP contribution in [-0.4, -0.2) is 15.8 Å². The molecule has 1 aromatic heterocycles. The third-order valence-corrected chi connectivity index (χ3v) is 4.73. The van der Waals surface area contributed by atoms with E-state index in [1.54, 1.807) is 0 Å². The number of nitrogens with zero attached hydrogens (tertiary/aromatic N) is 2. The highest BCUT2D eigenvalue weighted by Crippen LogP contribution is 2.30. The van der Waals surface area contributed by atoms with E-state index in [4.69, 9.17) is 4.74 Å². The van der Waals surface area contributed by atoms with Crippen molar-refractivity contribution in [3.8, 4) is 11.5 Å². The van der Waals surface area contributed by atoms with Crippen LogP contribution in [0.25, 0.3) is 0 Å². The zero-order valence-electron chi connectivity index (χ0n) is 17.3. The Labute approximate surface area is 181 Å². The highest BCUT2D eigenvalue weighted by Gasteiger charge is 2.11. The van der Waals surface area contributed by atoms with Crippen LogP contribution in [0, 0.1) is 0 Å². The number of rotatable bonds is 7. The first-order valence-electron chi connectivity index (χ1n) is 10.2. The van der Waals surface area contributed by atoms with Gasteiger partial charge in [-0.3, -0.25) is 4.68 Å². The fourth-order valence-corrected chi connectivity index (χ4v) is 3.22. The number of aromatic nitrogens is 2. The smallest absolute Gasteiger partial charge is 0.323 e. The second-order valence-electron chi connectivity index (χ2n) is 7.06. The first kappa shape index (κ1) is 20.2. The van der Waals surface area contributed by atoms with E-state index in [9.17, 15) is 4.79 Å². The minimum Gasteiger partial charge on any atom is -0.457 e. The number of amides is 2. The maximum absolute atomic E-state index is 12.4. The van der Waals surface area contributed by atoms with Gasteiger partial charge in [0.15, 0.2) is 0 Å². The van der Waals surface area contributed by atoms with Gasteiger partial charge < -0.3 is 15.4 Å².